The van der Waals surface area contributed by atoms with Gasteiger partial charge < -0.3 is 9.88 Å². The average Bonchev–Trinajstić information content (AvgIpc) is 3.22. The van der Waals surface area contributed by atoms with E-state index in [2.05, 4.69) is 85.9 Å². The molecule has 1 aromatic heterocycles. The first-order chi connectivity index (χ1) is 14.9. The lowest BCUT2D eigenvalue weighted by Crippen LogP contribution is -2.19. The summed E-state index contributed by atoms with van der Waals surface area (Å²) in [4.78, 5) is 17.8. The minimum absolute atomic E-state index is 0.106. The molecule has 0 aliphatic carbocycles. The third kappa shape index (κ3) is 4.37. The van der Waals surface area contributed by atoms with E-state index in [0.29, 0.717) is 10.1 Å². The largest absolute Gasteiger partial charge is 0.318 e. The van der Waals surface area contributed by atoms with Crippen LogP contribution in [0.4, 0.5) is 5.69 Å². The molecule has 2 aromatic carbocycles. The van der Waals surface area contributed by atoms with Crippen molar-refractivity contribution in [3.05, 3.63) is 87.1 Å². The monoisotopic (exact) mass is 429 g/mol. The maximum atomic E-state index is 12.6. The van der Waals surface area contributed by atoms with E-state index in [1.54, 1.807) is 0 Å². The van der Waals surface area contributed by atoms with Crippen LogP contribution in [0.3, 0.4) is 0 Å². The number of hydrogen-bond donors (Lipinski definition) is 1. The molecule has 0 radical (unpaired) electrons. The highest BCUT2D eigenvalue weighted by atomic mass is 32.2. The number of carbonyl (C=O) groups excluding carboxylic acids is 1. The summed E-state index contributed by atoms with van der Waals surface area (Å²) < 4.78 is 2.26. The van der Waals surface area contributed by atoms with E-state index >= 15 is 0 Å². The van der Waals surface area contributed by atoms with Gasteiger partial charge in [-0.2, -0.15) is 0 Å². The molecule has 1 saturated heterocycles. The lowest BCUT2D eigenvalue weighted by Gasteiger charge is -2.13. The van der Waals surface area contributed by atoms with Crippen molar-refractivity contribution in [3.8, 4) is 5.69 Å². The normalized spacial score (nSPS) is 16.4. The molecular weight excluding hydrogens is 402 g/mol. The highest BCUT2D eigenvalue weighted by molar-refractivity contribution is 8.18. The topological polar surface area (TPSA) is 46.4 Å². The number of amides is 1. The molecular formula is C26H27N3OS. The molecule has 1 fully saturated rings. The number of carbonyl (C=O) groups is 1. The van der Waals surface area contributed by atoms with Crippen LogP contribution < -0.4 is 5.32 Å². The third-order valence-corrected chi connectivity index (χ3v) is 6.50. The van der Waals surface area contributed by atoms with E-state index in [4.69, 9.17) is 0 Å². The van der Waals surface area contributed by atoms with Crippen LogP contribution >= 0.6 is 11.8 Å². The molecule has 0 unspecified atom stereocenters. The number of nitrogens with one attached hydrogen (secondary N) is 1. The fraction of sp³-hybridized carbons (Fsp3) is 0.231. The molecule has 1 aliphatic rings. The zero-order valence-corrected chi connectivity index (χ0v) is 19.4. The van der Waals surface area contributed by atoms with Gasteiger partial charge in [-0.3, -0.25) is 4.79 Å². The Morgan fingerprint density at radius 1 is 1.03 bits per heavy atom. The summed E-state index contributed by atoms with van der Waals surface area (Å²) in [6.45, 7) is 10.6. The molecule has 0 atom stereocenters. The van der Waals surface area contributed by atoms with Crippen LogP contribution in [0.15, 0.2) is 58.4 Å². The number of aromatic nitrogens is 1. The number of nitrogens with zero attached hydrogens (tertiary/aromatic N) is 2. The van der Waals surface area contributed by atoms with Gasteiger partial charge in [-0.1, -0.05) is 31.2 Å². The molecule has 1 amide bonds. The number of aliphatic imine (C=N–C) groups is 1. The number of amidine groups is 1. The highest BCUT2D eigenvalue weighted by Crippen LogP contribution is 2.31. The summed E-state index contributed by atoms with van der Waals surface area (Å²) in [5, 5.41) is 3.50. The van der Waals surface area contributed by atoms with Gasteiger partial charge in [0.05, 0.1) is 10.6 Å². The minimum atomic E-state index is -0.106. The Kier molecular flexibility index (Phi) is 5.88. The van der Waals surface area contributed by atoms with Crippen molar-refractivity contribution in [2.45, 2.75) is 41.0 Å². The molecule has 0 spiro atoms. The van der Waals surface area contributed by atoms with Gasteiger partial charge in [-0.25, -0.2) is 4.99 Å². The second kappa shape index (κ2) is 8.60. The van der Waals surface area contributed by atoms with Crippen molar-refractivity contribution >= 4 is 34.6 Å². The van der Waals surface area contributed by atoms with E-state index in [0.717, 1.165) is 29.1 Å². The minimum Gasteiger partial charge on any atom is -0.318 e. The first-order valence-corrected chi connectivity index (χ1v) is 11.3. The Morgan fingerprint density at radius 3 is 2.48 bits per heavy atom. The summed E-state index contributed by atoms with van der Waals surface area (Å²) in [6.07, 6.45) is 2.96. The second-order valence-electron chi connectivity index (χ2n) is 7.95. The molecule has 4 rings (SSSR count). The SMILES string of the molecule is CCc1ccc(N=C2NC(=O)/C(=C/c3cc(C)n(-c4cc(C)ccc4C)c3C)S2)cc1. The Balaban J connectivity index is 1.64. The van der Waals surface area contributed by atoms with Gasteiger partial charge in [0.15, 0.2) is 5.17 Å². The van der Waals surface area contributed by atoms with E-state index in [1.807, 2.05) is 18.2 Å². The molecule has 4 nitrogen and oxygen atoms in total. The third-order valence-electron chi connectivity index (χ3n) is 5.59. The number of benzene rings is 2. The molecule has 0 bridgehead atoms. The van der Waals surface area contributed by atoms with Gasteiger partial charge in [0.1, 0.15) is 0 Å². The molecule has 1 aliphatic heterocycles. The van der Waals surface area contributed by atoms with Gasteiger partial charge in [-0.05, 0) is 98.5 Å². The molecule has 158 valence electrons. The van der Waals surface area contributed by atoms with Crippen LogP contribution in [0.1, 0.15) is 40.6 Å². The molecule has 3 aromatic rings. The number of hydrogen-bond acceptors (Lipinski definition) is 3. The summed E-state index contributed by atoms with van der Waals surface area (Å²) in [6, 6.07) is 16.7. The number of thioether (sulfide) groups is 1. The molecule has 2 heterocycles. The van der Waals surface area contributed by atoms with Crippen molar-refractivity contribution < 1.29 is 4.79 Å². The molecule has 0 saturated carbocycles. The standard InChI is InChI=1S/C26H27N3OS/c1-6-20-9-11-22(12-10-20)27-26-28-25(30)24(31-26)15-21-14-18(4)29(19(21)5)23-13-16(2)7-8-17(23)3/h7-15H,6H2,1-5H3,(H,27,28,30)/b24-15-. The first kappa shape index (κ1) is 21.2. The first-order valence-electron chi connectivity index (χ1n) is 10.5. The van der Waals surface area contributed by atoms with Crippen LogP contribution in [0.5, 0.6) is 0 Å². The molecule has 31 heavy (non-hydrogen) atoms. The van der Waals surface area contributed by atoms with Crippen LogP contribution in [-0.4, -0.2) is 15.6 Å². The highest BCUT2D eigenvalue weighted by Gasteiger charge is 2.24. The van der Waals surface area contributed by atoms with Crippen molar-refractivity contribution in [1.29, 1.82) is 0 Å². The zero-order valence-electron chi connectivity index (χ0n) is 18.6. The van der Waals surface area contributed by atoms with Gasteiger partial charge in [0, 0.05) is 17.1 Å². The van der Waals surface area contributed by atoms with E-state index in [-0.39, 0.29) is 5.91 Å². The van der Waals surface area contributed by atoms with E-state index < -0.39 is 0 Å². The van der Waals surface area contributed by atoms with Crippen molar-refractivity contribution in [1.82, 2.24) is 9.88 Å². The van der Waals surface area contributed by atoms with Gasteiger partial charge in [0.2, 0.25) is 0 Å². The second-order valence-corrected chi connectivity index (χ2v) is 8.98. The fourth-order valence-corrected chi connectivity index (χ4v) is 4.64. The van der Waals surface area contributed by atoms with Crippen LogP contribution in [0.2, 0.25) is 0 Å². The smallest absolute Gasteiger partial charge is 0.264 e. The summed E-state index contributed by atoms with van der Waals surface area (Å²) in [5.41, 5.74) is 9.06. The van der Waals surface area contributed by atoms with Crippen molar-refractivity contribution in [3.63, 3.8) is 0 Å². The lowest BCUT2D eigenvalue weighted by atomic mass is 10.1. The van der Waals surface area contributed by atoms with Crippen molar-refractivity contribution in [2.75, 3.05) is 0 Å². The van der Waals surface area contributed by atoms with E-state index in [1.165, 1.54) is 34.1 Å². The zero-order chi connectivity index (χ0) is 22.1. The summed E-state index contributed by atoms with van der Waals surface area (Å²) in [7, 11) is 0. The Morgan fingerprint density at radius 2 is 1.77 bits per heavy atom. The predicted octanol–water partition coefficient (Wildman–Crippen LogP) is 6.16. The quantitative estimate of drug-likeness (QED) is 0.505. The van der Waals surface area contributed by atoms with Crippen LogP contribution in [0, 0.1) is 27.7 Å². The van der Waals surface area contributed by atoms with Crippen molar-refractivity contribution in [2.24, 2.45) is 4.99 Å². The number of aryl methyl sites for hydroxylation is 4. The fourth-order valence-electron chi connectivity index (χ4n) is 3.81. The van der Waals surface area contributed by atoms with Gasteiger partial charge in [0.25, 0.3) is 5.91 Å². The Hall–Kier alpha value is -3.05. The maximum absolute atomic E-state index is 12.6. The number of rotatable bonds is 4. The summed E-state index contributed by atoms with van der Waals surface area (Å²) >= 11 is 1.38. The summed E-state index contributed by atoms with van der Waals surface area (Å²) in [5.74, 6) is -0.106. The Labute approximate surface area is 188 Å². The maximum Gasteiger partial charge on any atom is 0.264 e. The predicted molar refractivity (Wildman–Crippen MR) is 131 cm³/mol. The van der Waals surface area contributed by atoms with Crippen LogP contribution in [-0.2, 0) is 11.2 Å². The molecule has 1 N–H and O–H groups in total. The molecule has 5 heteroatoms. The van der Waals surface area contributed by atoms with E-state index in [9.17, 15) is 4.79 Å². The van der Waals surface area contributed by atoms with Gasteiger partial charge >= 0.3 is 0 Å². The Bertz CT molecular complexity index is 1220. The van der Waals surface area contributed by atoms with Crippen LogP contribution in [0.25, 0.3) is 11.8 Å². The average molecular weight is 430 g/mol. The lowest BCUT2D eigenvalue weighted by molar-refractivity contribution is -0.115. The van der Waals surface area contributed by atoms with Gasteiger partial charge in [-0.15, -0.1) is 0 Å².